The molecule has 0 aliphatic rings. The molecule has 2 aromatic rings. The molecule has 2 aromatic carbocycles. The highest BCUT2D eigenvalue weighted by Gasteiger charge is 2.00. The highest BCUT2D eigenvalue weighted by atomic mass is 16.1. The van der Waals surface area contributed by atoms with E-state index < -0.39 is 0 Å². The van der Waals surface area contributed by atoms with E-state index in [1.807, 2.05) is 39.8 Å². The molecule has 0 saturated carbocycles. The molecule has 0 radical (unpaired) electrons. The number of hydrogen-bond donors (Lipinski definition) is 0. The number of carbonyl (C=O) groups excluding carboxylic acids is 1. The number of hydrogen-bond acceptors (Lipinski definition) is 1. The third-order valence-corrected chi connectivity index (χ3v) is 4.63. The van der Waals surface area contributed by atoms with Crippen molar-refractivity contribution in [2.75, 3.05) is 0 Å². The minimum Gasteiger partial charge on any atom is -0.295 e. The number of Topliss-reactive ketones (excluding diaryl/α,β-unsaturated/α-hetero) is 1. The summed E-state index contributed by atoms with van der Waals surface area (Å²) in [5, 5.41) is 0. The van der Waals surface area contributed by atoms with Crippen LogP contribution in [-0.4, -0.2) is 5.78 Å². The molecule has 0 fully saturated rings. The minimum absolute atomic E-state index is 0.141. The van der Waals surface area contributed by atoms with Crippen molar-refractivity contribution in [3.8, 4) is 0 Å². The summed E-state index contributed by atoms with van der Waals surface area (Å²) < 4.78 is 0. The normalized spacial score (nSPS) is 9.64. The lowest BCUT2D eigenvalue weighted by atomic mass is 10.0. The quantitative estimate of drug-likeness (QED) is 0.298. The Morgan fingerprint density at radius 2 is 0.964 bits per heavy atom. The lowest BCUT2D eigenvalue weighted by Gasteiger charge is -2.05. The van der Waals surface area contributed by atoms with Crippen LogP contribution in [0.15, 0.2) is 48.5 Å². The van der Waals surface area contributed by atoms with E-state index in [2.05, 4.69) is 43.3 Å². The Balaban J connectivity index is 0.00000171. The van der Waals surface area contributed by atoms with Crippen LogP contribution >= 0.6 is 0 Å². The number of ketones is 1. The number of aryl methyl sites for hydroxylation is 3. The maximum absolute atomic E-state index is 11.3. The van der Waals surface area contributed by atoms with Crippen LogP contribution in [0, 0.1) is 0 Å². The summed E-state index contributed by atoms with van der Waals surface area (Å²) >= 11 is 0. The van der Waals surface area contributed by atoms with Crippen LogP contribution in [-0.2, 0) is 19.3 Å². The predicted molar refractivity (Wildman–Crippen MR) is 125 cm³/mol. The van der Waals surface area contributed by atoms with Crippen molar-refractivity contribution in [2.24, 2.45) is 0 Å². The first-order valence-corrected chi connectivity index (χ1v) is 11.4. The average molecular weight is 383 g/mol. The molecule has 0 spiro atoms. The standard InChI is InChI=1S/C23H30O.2C2H6/c1-3-4-8-20-11-13-21(14-12-20)9-6-5-7-10-22-15-17-23(18-16-22)19(2)24;2*1-2/h11-18H,3-10H2,1-2H3;2*1-2H3. The van der Waals surface area contributed by atoms with Gasteiger partial charge in [0.1, 0.15) is 0 Å². The first-order valence-electron chi connectivity index (χ1n) is 11.4. The smallest absolute Gasteiger partial charge is 0.159 e. The van der Waals surface area contributed by atoms with Crippen molar-refractivity contribution in [1.82, 2.24) is 0 Å². The van der Waals surface area contributed by atoms with Crippen molar-refractivity contribution in [2.45, 2.75) is 92.9 Å². The van der Waals surface area contributed by atoms with E-state index in [0.29, 0.717) is 0 Å². The van der Waals surface area contributed by atoms with Crippen LogP contribution < -0.4 is 0 Å². The van der Waals surface area contributed by atoms with Gasteiger partial charge in [0.2, 0.25) is 0 Å². The molecule has 0 aliphatic carbocycles. The van der Waals surface area contributed by atoms with E-state index in [1.54, 1.807) is 6.92 Å². The van der Waals surface area contributed by atoms with E-state index in [4.69, 9.17) is 0 Å². The van der Waals surface area contributed by atoms with Gasteiger partial charge in [0.15, 0.2) is 5.78 Å². The molecule has 2 rings (SSSR count). The zero-order valence-corrected chi connectivity index (χ0v) is 19.2. The van der Waals surface area contributed by atoms with Gasteiger partial charge in [-0.2, -0.15) is 0 Å². The topological polar surface area (TPSA) is 17.1 Å². The van der Waals surface area contributed by atoms with Gasteiger partial charge in [-0.15, -0.1) is 0 Å². The van der Waals surface area contributed by atoms with Gasteiger partial charge in [-0.05, 0) is 62.1 Å². The number of rotatable bonds is 10. The van der Waals surface area contributed by atoms with Crippen molar-refractivity contribution < 1.29 is 4.79 Å². The zero-order chi connectivity index (χ0) is 21.2. The molecule has 0 unspecified atom stereocenters. The third kappa shape index (κ3) is 11.1. The molecule has 0 amide bonds. The Kier molecular flexibility index (Phi) is 16.1. The molecule has 0 heterocycles. The third-order valence-electron chi connectivity index (χ3n) is 4.63. The van der Waals surface area contributed by atoms with E-state index in [-0.39, 0.29) is 5.78 Å². The average Bonchev–Trinajstić information content (AvgIpc) is 2.76. The van der Waals surface area contributed by atoms with Crippen LogP contribution in [0.2, 0.25) is 0 Å². The summed E-state index contributed by atoms with van der Waals surface area (Å²) in [6.45, 7) is 11.9. The highest BCUT2D eigenvalue weighted by Crippen LogP contribution is 2.13. The first-order chi connectivity index (χ1) is 13.7. The van der Waals surface area contributed by atoms with E-state index in [1.165, 1.54) is 61.6 Å². The molecule has 0 atom stereocenters. The van der Waals surface area contributed by atoms with Gasteiger partial charge in [-0.1, -0.05) is 96.0 Å². The lowest BCUT2D eigenvalue weighted by molar-refractivity contribution is 0.101. The molecular weight excluding hydrogens is 340 g/mol. The molecule has 28 heavy (non-hydrogen) atoms. The molecule has 1 nitrogen and oxygen atoms in total. The van der Waals surface area contributed by atoms with Crippen molar-refractivity contribution >= 4 is 5.78 Å². The second kappa shape index (κ2) is 17.2. The molecule has 0 saturated heterocycles. The van der Waals surface area contributed by atoms with Crippen molar-refractivity contribution in [1.29, 1.82) is 0 Å². The summed E-state index contributed by atoms with van der Waals surface area (Å²) in [6.07, 6.45) is 9.76. The highest BCUT2D eigenvalue weighted by molar-refractivity contribution is 5.93. The van der Waals surface area contributed by atoms with E-state index >= 15 is 0 Å². The largest absolute Gasteiger partial charge is 0.295 e. The molecule has 156 valence electrons. The summed E-state index contributed by atoms with van der Waals surface area (Å²) in [6, 6.07) is 17.2. The minimum atomic E-state index is 0.141. The fourth-order valence-electron chi connectivity index (χ4n) is 2.99. The Bertz CT molecular complexity index is 608. The van der Waals surface area contributed by atoms with Gasteiger partial charge in [-0.25, -0.2) is 0 Å². The maximum Gasteiger partial charge on any atom is 0.159 e. The fourth-order valence-corrected chi connectivity index (χ4v) is 2.99. The van der Waals surface area contributed by atoms with Crippen LogP contribution in [0.4, 0.5) is 0 Å². The van der Waals surface area contributed by atoms with E-state index in [0.717, 1.165) is 12.0 Å². The van der Waals surface area contributed by atoms with Gasteiger partial charge in [-0.3, -0.25) is 4.79 Å². The molecule has 0 bridgehead atoms. The Morgan fingerprint density at radius 1 is 0.607 bits per heavy atom. The van der Waals surface area contributed by atoms with Gasteiger partial charge in [0, 0.05) is 5.56 Å². The molecule has 0 aromatic heterocycles. The molecule has 0 N–H and O–H groups in total. The first kappa shape index (κ1) is 26.1. The lowest BCUT2D eigenvalue weighted by Crippen LogP contribution is -1.93. The van der Waals surface area contributed by atoms with Crippen LogP contribution in [0.1, 0.15) is 101 Å². The number of benzene rings is 2. The zero-order valence-electron chi connectivity index (χ0n) is 19.2. The monoisotopic (exact) mass is 382 g/mol. The maximum atomic E-state index is 11.3. The van der Waals surface area contributed by atoms with Crippen LogP contribution in [0.3, 0.4) is 0 Å². The van der Waals surface area contributed by atoms with Gasteiger partial charge >= 0.3 is 0 Å². The number of unbranched alkanes of at least 4 members (excludes halogenated alkanes) is 3. The fraction of sp³-hybridized carbons (Fsp3) is 0.519. The Labute approximate surface area is 174 Å². The molecular formula is C27H42O. The summed E-state index contributed by atoms with van der Waals surface area (Å²) in [7, 11) is 0. The van der Waals surface area contributed by atoms with Crippen molar-refractivity contribution in [3.05, 3.63) is 70.8 Å². The van der Waals surface area contributed by atoms with Gasteiger partial charge in [0.05, 0.1) is 0 Å². The summed E-state index contributed by atoms with van der Waals surface area (Å²) in [4.78, 5) is 11.3. The summed E-state index contributed by atoms with van der Waals surface area (Å²) in [5.41, 5.74) is 5.07. The Morgan fingerprint density at radius 3 is 1.32 bits per heavy atom. The van der Waals surface area contributed by atoms with Gasteiger partial charge < -0.3 is 0 Å². The SMILES string of the molecule is CC.CC.CCCCc1ccc(CCCCCc2ccc(C(C)=O)cc2)cc1. The van der Waals surface area contributed by atoms with Crippen LogP contribution in [0.25, 0.3) is 0 Å². The van der Waals surface area contributed by atoms with Crippen LogP contribution in [0.5, 0.6) is 0 Å². The second-order valence-corrected chi connectivity index (χ2v) is 6.73. The molecule has 1 heteroatoms. The summed E-state index contributed by atoms with van der Waals surface area (Å²) in [5.74, 6) is 0.141. The Hall–Kier alpha value is -1.89. The molecule has 0 aliphatic heterocycles. The number of carbonyl (C=O) groups is 1. The second-order valence-electron chi connectivity index (χ2n) is 6.73. The van der Waals surface area contributed by atoms with Gasteiger partial charge in [0.25, 0.3) is 0 Å². The van der Waals surface area contributed by atoms with Crippen molar-refractivity contribution in [3.63, 3.8) is 0 Å². The van der Waals surface area contributed by atoms with E-state index in [9.17, 15) is 4.79 Å². The predicted octanol–water partition coefficient (Wildman–Crippen LogP) is 8.24.